The lowest BCUT2D eigenvalue weighted by Gasteiger charge is -2.32. The Bertz CT molecular complexity index is 1310. The van der Waals surface area contributed by atoms with Gasteiger partial charge < -0.3 is 9.72 Å². The number of fused-ring (bicyclic) bond motifs is 3. The molecule has 0 amide bonds. The van der Waals surface area contributed by atoms with Gasteiger partial charge in [-0.15, -0.1) is 0 Å². The number of hydrogen-bond donors (Lipinski definition) is 1. The van der Waals surface area contributed by atoms with Gasteiger partial charge in [0.15, 0.2) is 0 Å². The Morgan fingerprint density at radius 1 is 0.903 bits per heavy atom. The van der Waals surface area contributed by atoms with E-state index in [0.29, 0.717) is 10.0 Å². The Morgan fingerprint density at radius 3 is 2.23 bits per heavy atom. The zero-order valence-corrected chi connectivity index (χ0v) is 21.2. The van der Waals surface area contributed by atoms with Crippen LogP contribution in [0, 0.1) is 0 Å². The zero-order chi connectivity index (χ0) is 21.9. The predicted molar refractivity (Wildman–Crippen MR) is 134 cm³/mol. The van der Waals surface area contributed by atoms with Crippen LogP contribution in [0.5, 0.6) is 5.75 Å². The molecular formula is C24H16Br2Cl2N2O. The third-order valence-electron chi connectivity index (χ3n) is 5.36. The van der Waals surface area contributed by atoms with E-state index < -0.39 is 5.60 Å². The van der Waals surface area contributed by atoms with Gasteiger partial charge in [0.2, 0.25) is 0 Å². The van der Waals surface area contributed by atoms with Crippen molar-refractivity contribution in [1.82, 2.24) is 9.97 Å². The van der Waals surface area contributed by atoms with Gasteiger partial charge in [0, 0.05) is 35.7 Å². The zero-order valence-electron chi connectivity index (χ0n) is 16.6. The van der Waals surface area contributed by atoms with Crippen molar-refractivity contribution in [2.75, 3.05) is 0 Å². The maximum atomic E-state index is 6.43. The van der Waals surface area contributed by atoms with Crippen molar-refractivity contribution in [2.24, 2.45) is 0 Å². The summed E-state index contributed by atoms with van der Waals surface area (Å²) in [5.41, 5.74) is 4.80. The molecule has 1 aliphatic heterocycles. The molecule has 0 saturated heterocycles. The molecular weight excluding hydrogens is 563 g/mol. The number of nitrogens with zero attached hydrogens (tertiary/aromatic N) is 1. The van der Waals surface area contributed by atoms with Crippen LogP contribution in [-0.4, -0.2) is 9.97 Å². The van der Waals surface area contributed by atoms with Crippen molar-refractivity contribution in [3.63, 3.8) is 0 Å². The Labute approximate surface area is 207 Å². The van der Waals surface area contributed by atoms with Gasteiger partial charge in [0.1, 0.15) is 17.2 Å². The van der Waals surface area contributed by atoms with Crippen molar-refractivity contribution in [1.29, 1.82) is 0 Å². The summed E-state index contributed by atoms with van der Waals surface area (Å²) in [6.07, 6.45) is 0. The van der Waals surface area contributed by atoms with Gasteiger partial charge in [-0.05, 0) is 87.7 Å². The number of H-pyrrole nitrogens is 1. The molecule has 0 spiro atoms. The molecule has 156 valence electrons. The number of imidazole rings is 1. The molecule has 0 bridgehead atoms. The normalized spacial score (nSPS) is 14.0. The Morgan fingerprint density at radius 2 is 1.55 bits per heavy atom. The van der Waals surface area contributed by atoms with Gasteiger partial charge in [-0.3, -0.25) is 0 Å². The number of rotatable bonds is 2. The van der Waals surface area contributed by atoms with Crippen molar-refractivity contribution < 1.29 is 4.74 Å². The largest absolute Gasteiger partial charge is 0.481 e. The average molecular weight is 579 g/mol. The summed E-state index contributed by atoms with van der Waals surface area (Å²) in [7, 11) is 0. The molecule has 1 aromatic heterocycles. The quantitative estimate of drug-likeness (QED) is 0.258. The molecule has 31 heavy (non-hydrogen) atoms. The van der Waals surface area contributed by atoms with E-state index in [4.69, 9.17) is 32.9 Å². The van der Waals surface area contributed by atoms with Crippen LogP contribution in [0.2, 0.25) is 10.0 Å². The average Bonchev–Trinajstić information content (AvgIpc) is 3.13. The van der Waals surface area contributed by atoms with Crippen LogP contribution in [0.25, 0.3) is 33.8 Å². The second kappa shape index (κ2) is 7.66. The summed E-state index contributed by atoms with van der Waals surface area (Å²) in [6, 6.07) is 17.5. The highest BCUT2D eigenvalue weighted by atomic mass is 79.9. The lowest BCUT2D eigenvalue weighted by molar-refractivity contribution is 0.101. The first-order chi connectivity index (χ1) is 14.8. The highest BCUT2D eigenvalue weighted by Crippen LogP contribution is 2.48. The minimum atomic E-state index is -0.593. The molecule has 0 unspecified atom stereocenters. The molecule has 0 atom stereocenters. The molecule has 0 fully saturated rings. The van der Waals surface area contributed by atoms with Crippen molar-refractivity contribution in [2.45, 2.75) is 19.4 Å². The second-order valence-corrected chi connectivity index (χ2v) is 10.3. The molecule has 3 aromatic carbocycles. The third-order valence-corrected chi connectivity index (χ3v) is 7.31. The summed E-state index contributed by atoms with van der Waals surface area (Å²) in [5.74, 6) is 1.52. The summed E-state index contributed by atoms with van der Waals surface area (Å²) in [4.78, 5) is 8.46. The molecule has 0 aliphatic carbocycles. The summed E-state index contributed by atoms with van der Waals surface area (Å²) in [6.45, 7) is 4.06. The minimum Gasteiger partial charge on any atom is -0.481 e. The van der Waals surface area contributed by atoms with Gasteiger partial charge >= 0.3 is 0 Å². The smallest absolute Gasteiger partial charge is 0.145 e. The predicted octanol–water partition coefficient (Wildman–Crippen LogP) is 8.87. The van der Waals surface area contributed by atoms with Crippen molar-refractivity contribution in [3.05, 3.63) is 79.3 Å². The van der Waals surface area contributed by atoms with Crippen LogP contribution >= 0.6 is 55.1 Å². The maximum Gasteiger partial charge on any atom is 0.145 e. The van der Waals surface area contributed by atoms with Crippen LogP contribution in [-0.2, 0) is 5.60 Å². The van der Waals surface area contributed by atoms with E-state index in [1.54, 1.807) is 0 Å². The summed E-state index contributed by atoms with van der Waals surface area (Å²) < 4.78 is 8.33. The van der Waals surface area contributed by atoms with Gasteiger partial charge in [-0.25, -0.2) is 4.98 Å². The van der Waals surface area contributed by atoms with Gasteiger partial charge in [0.05, 0.1) is 11.4 Å². The van der Waals surface area contributed by atoms with Crippen LogP contribution in [0.15, 0.2) is 63.5 Å². The maximum absolute atomic E-state index is 6.43. The fourth-order valence-corrected chi connectivity index (χ4v) is 5.89. The summed E-state index contributed by atoms with van der Waals surface area (Å²) >= 11 is 20.1. The number of nitrogens with one attached hydrogen (secondary N) is 1. The lowest BCUT2D eigenvalue weighted by Crippen LogP contribution is -2.29. The molecule has 7 heteroatoms. The fraction of sp³-hybridized carbons (Fsp3) is 0.125. The topological polar surface area (TPSA) is 37.9 Å². The van der Waals surface area contributed by atoms with Gasteiger partial charge in [0.25, 0.3) is 0 Å². The Balaban J connectivity index is 1.69. The molecule has 0 radical (unpaired) electrons. The van der Waals surface area contributed by atoms with E-state index in [2.05, 4.69) is 36.8 Å². The summed E-state index contributed by atoms with van der Waals surface area (Å²) in [5, 5.41) is 1.20. The van der Waals surface area contributed by atoms with Crippen LogP contribution in [0.1, 0.15) is 19.5 Å². The molecule has 0 saturated carbocycles. The first-order valence-electron chi connectivity index (χ1n) is 9.59. The van der Waals surface area contributed by atoms with Gasteiger partial charge in [-0.1, -0.05) is 41.4 Å². The second-order valence-electron chi connectivity index (χ2n) is 7.83. The van der Waals surface area contributed by atoms with E-state index in [0.717, 1.165) is 54.2 Å². The molecule has 5 rings (SSSR count). The highest BCUT2D eigenvalue weighted by molar-refractivity contribution is 9.11. The molecule has 4 aromatic rings. The first kappa shape index (κ1) is 21.1. The van der Waals surface area contributed by atoms with Crippen LogP contribution < -0.4 is 4.74 Å². The molecule has 2 heterocycles. The highest BCUT2D eigenvalue weighted by Gasteiger charge is 2.36. The molecule has 3 nitrogen and oxygen atoms in total. The number of ether oxygens (including phenoxy) is 1. The van der Waals surface area contributed by atoms with Crippen molar-refractivity contribution in [3.8, 4) is 39.5 Å². The Hall–Kier alpha value is -1.79. The van der Waals surface area contributed by atoms with Crippen LogP contribution in [0.3, 0.4) is 0 Å². The van der Waals surface area contributed by atoms with E-state index in [1.807, 2.05) is 68.4 Å². The molecule has 1 N–H and O–H groups in total. The van der Waals surface area contributed by atoms with E-state index in [-0.39, 0.29) is 0 Å². The number of benzene rings is 3. The third kappa shape index (κ3) is 3.52. The SMILES string of the molecule is CC1(C)Oc2cc(-c3c(Cl)cccc3Cl)ccc2-c2nc(-c3c(Br)cccc3Br)[nH]c21. The van der Waals surface area contributed by atoms with E-state index in [9.17, 15) is 0 Å². The standard InChI is InChI=1S/C24H16Br2Cl2N2O/c1-24(2)22-21(29-23(30-22)20-14(25)5-3-6-15(20)26)13-10-9-12(11-18(13)31-24)19-16(27)7-4-8-17(19)28/h3-11H,1-2H3,(H,29,30). The van der Waals surface area contributed by atoms with E-state index >= 15 is 0 Å². The monoisotopic (exact) mass is 576 g/mol. The lowest BCUT2D eigenvalue weighted by atomic mass is 9.93. The number of aromatic nitrogens is 2. The number of halogens is 4. The van der Waals surface area contributed by atoms with Crippen LogP contribution in [0.4, 0.5) is 0 Å². The number of hydrogen-bond acceptors (Lipinski definition) is 2. The minimum absolute atomic E-state index is 0.593. The van der Waals surface area contributed by atoms with Gasteiger partial charge in [-0.2, -0.15) is 0 Å². The van der Waals surface area contributed by atoms with E-state index in [1.165, 1.54) is 0 Å². The van der Waals surface area contributed by atoms with Crippen molar-refractivity contribution >= 4 is 55.1 Å². The fourth-order valence-electron chi connectivity index (χ4n) is 3.90. The Kier molecular flexibility index (Phi) is 5.21. The molecule has 1 aliphatic rings. The first-order valence-corrected chi connectivity index (χ1v) is 11.9. The number of aromatic amines is 1.